The maximum Gasteiger partial charge on any atom is 0.321 e. The lowest BCUT2D eigenvalue weighted by Crippen LogP contribution is -2.13. The predicted molar refractivity (Wildman–Crippen MR) is 81.4 cm³/mol. The maximum absolute atomic E-state index is 5.60. The first-order valence-electron chi connectivity index (χ1n) is 7.21. The van der Waals surface area contributed by atoms with Crippen LogP contribution < -0.4 is 10.1 Å². The molecular weight excluding hydrogens is 266 g/mol. The van der Waals surface area contributed by atoms with Crippen LogP contribution in [0, 0.1) is 0 Å². The third-order valence-electron chi connectivity index (χ3n) is 2.62. The summed E-state index contributed by atoms with van der Waals surface area (Å²) < 4.78 is 5.60. The molecule has 0 radical (unpaired) electrons. The van der Waals surface area contributed by atoms with E-state index in [0.29, 0.717) is 24.2 Å². The van der Waals surface area contributed by atoms with E-state index in [9.17, 15) is 0 Å². The summed E-state index contributed by atoms with van der Waals surface area (Å²) in [6.45, 7) is 6.81. The van der Waals surface area contributed by atoms with E-state index < -0.39 is 0 Å². The zero-order valence-corrected chi connectivity index (χ0v) is 12.7. The molecule has 0 aliphatic heterocycles. The van der Waals surface area contributed by atoms with Gasteiger partial charge in [0.25, 0.3) is 0 Å². The van der Waals surface area contributed by atoms with E-state index in [1.807, 2.05) is 32.2 Å². The van der Waals surface area contributed by atoms with Gasteiger partial charge in [-0.2, -0.15) is 15.0 Å². The Morgan fingerprint density at radius 2 is 2.10 bits per heavy atom. The topological polar surface area (TPSA) is 72.8 Å². The summed E-state index contributed by atoms with van der Waals surface area (Å²) in [5, 5.41) is 3.18. The highest BCUT2D eigenvalue weighted by atomic mass is 16.5. The van der Waals surface area contributed by atoms with Gasteiger partial charge < -0.3 is 10.1 Å². The van der Waals surface area contributed by atoms with E-state index in [1.54, 1.807) is 6.20 Å². The number of aromatic nitrogens is 4. The Kier molecular flexibility index (Phi) is 5.43. The molecule has 0 bridgehead atoms. The fraction of sp³-hybridized carbons (Fsp3) is 0.467. The zero-order chi connectivity index (χ0) is 15.1. The normalized spacial score (nSPS) is 10.7. The van der Waals surface area contributed by atoms with Crippen molar-refractivity contribution in [3.05, 3.63) is 35.9 Å². The summed E-state index contributed by atoms with van der Waals surface area (Å²) in [5.41, 5.74) is 1.06. The van der Waals surface area contributed by atoms with Crippen LogP contribution in [0.5, 0.6) is 6.01 Å². The van der Waals surface area contributed by atoms with Crippen molar-refractivity contribution in [2.75, 3.05) is 11.9 Å². The van der Waals surface area contributed by atoms with Crippen molar-refractivity contribution >= 4 is 5.95 Å². The van der Waals surface area contributed by atoms with E-state index in [4.69, 9.17) is 4.74 Å². The summed E-state index contributed by atoms with van der Waals surface area (Å²) in [6.07, 6.45) is 5.19. The Labute approximate surface area is 125 Å². The van der Waals surface area contributed by atoms with Crippen LogP contribution >= 0.6 is 0 Å². The smallest absolute Gasteiger partial charge is 0.321 e. The molecule has 0 spiro atoms. The summed E-state index contributed by atoms with van der Waals surface area (Å²) in [6, 6.07) is 4.26. The Morgan fingerprint density at radius 3 is 2.76 bits per heavy atom. The van der Waals surface area contributed by atoms with Gasteiger partial charge in [0, 0.05) is 25.4 Å². The largest absolute Gasteiger partial charge is 0.461 e. The molecule has 0 saturated carbocycles. The molecule has 2 heterocycles. The molecule has 2 aromatic heterocycles. The second-order valence-electron chi connectivity index (χ2n) is 4.99. The number of hydrogen-bond donors (Lipinski definition) is 1. The molecule has 2 rings (SSSR count). The number of nitrogens with one attached hydrogen (secondary N) is 1. The molecule has 2 aromatic rings. The molecule has 21 heavy (non-hydrogen) atoms. The average molecular weight is 287 g/mol. The Morgan fingerprint density at radius 1 is 1.24 bits per heavy atom. The third-order valence-corrected chi connectivity index (χ3v) is 2.62. The van der Waals surface area contributed by atoms with E-state index in [0.717, 1.165) is 18.5 Å². The molecule has 0 fully saturated rings. The van der Waals surface area contributed by atoms with Gasteiger partial charge in [-0.25, -0.2) is 0 Å². The SMILES string of the molecule is CCCNc1nc(Cc2cccnc2)nc(OC(C)C)n1. The number of pyridine rings is 1. The summed E-state index contributed by atoms with van der Waals surface area (Å²) in [4.78, 5) is 17.2. The Balaban J connectivity index is 2.21. The average Bonchev–Trinajstić information content (AvgIpc) is 2.45. The molecule has 0 aliphatic rings. The quantitative estimate of drug-likeness (QED) is 0.843. The van der Waals surface area contributed by atoms with Gasteiger partial charge in [-0.05, 0) is 31.9 Å². The molecule has 0 aliphatic carbocycles. The first kappa shape index (κ1) is 15.2. The Hall–Kier alpha value is -2.24. The van der Waals surface area contributed by atoms with Crippen LogP contribution in [0.2, 0.25) is 0 Å². The van der Waals surface area contributed by atoms with Crippen LogP contribution in [-0.2, 0) is 6.42 Å². The zero-order valence-electron chi connectivity index (χ0n) is 12.7. The van der Waals surface area contributed by atoms with Gasteiger partial charge in [0.05, 0.1) is 6.10 Å². The van der Waals surface area contributed by atoms with Crippen LogP contribution in [0.4, 0.5) is 5.95 Å². The summed E-state index contributed by atoms with van der Waals surface area (Å²) in [7, 11) is 0. The lowest BCUT2D eigenvalue weighted by molar-refractivity contribution is 0.221. The van der Waals surface area contributed by atoms with E-state index in [1.165, 1.54) is 0 Å². The van der Waals surface area contributed by atoms with Crippen molar-refractivity contribution < 1.29 is 4.74 Å². The fourth-order valence-electron chi connectivity index (χ4n) is 1.74. The van der Waals surface area contributed by atoms with Crippen molar-refractivity contribution in [2.45, 2.75) is 39.7 Å². The molecule has 0 atom stereocenters. The van der Waals surface area contributed by atoms with Crippen LogP contribution in [0.25, 0.3) is 0 Å². The second kappa shape index (κ2) is 7.52. The maximum atomic E-state index is 5.60. The fourth-order valence-corrected chi connectivity index (χ4v) is 1.74. The summed E-state index contributed by atoms with van der Waals surface area (Å²) in [5.74, 6) is 1.23. The van der Waals surface area contributed by atoms with Crippen molar-refractivity contribution in [1.29, 1.82) is 0 Å². The Bertz CT molecular complexity index is 559. The number of nitrogens with zero attached hydrogens (tertiary/aromatic N) is 4. The van der Waals surface area contributed by atoms with Crippen molar-refractivity contribution in [1.82, 2.24) is 19.9 Å². The van der Waals surface area contributed by atoms with Crippen LogP contribution in [-0.4, -0.2) is 32.6 Å². The molecular formula is C15H21N5O. The van der Waals surface area contributed by atoms with Crippen LogP contribution in [0.3, 0.4) is 0 Å². The highest BCUT2D eigenvalue weighted by Gasteiger charge is 2.09. The van der Waals surface area contributed by atoms with Gasteiger partial charge in [0.15, 0.2) is 0 Å². The molecule has 112 valence electrons. The van der Waals surface area contributed by atoms with Crippen molar-refractivity contribution in [3.8, 4) is 6.01 Å². The summed E-state index contributed by atoms with van der Waals surface area (Å²) >= 11 is 0. The van der Waals surface area contributed by atoms with Gasteiger partial charge >= 0.3 is 6.01 Å². The van der Waals surface area contributed by atoms with Crippen molar-refractivity contribution in [2.24, 2.45) is 0 Å². The lowest BCUT2D eigenvalue weighted by atomic mass is 10.2. The van der Waals surface area contributed by atoms with Gasteiger partial charge in [-0.15, -0.1) is 0 Å². The van der Waals surface area contributed by atoms with E-state index in [-0.39, 0.29) is 6.10 Å². The number of anilines is 1. The number of hydrogen-bond acceptors (Lipinski definition) is 6. The van der Waals surface area contributed by atoms with E-state index >= 15 is 0 Å². The highest BCUT2D eigenvalue weighted by Crippen LogP contribution is 2.12. The minimum absolute atomic E-state index is 0.0256. The van der Waals surface area contributed by atoms with Gasteiger partial charge in [0.2, 0.25) is 5.95 Å². The van der Waals surface area contributed by atoms with E-state index in [2.05, 4.69) is 32.2 Å². The minimum Gasteiger partial charge on any atom is -0.461 e. The van der Waals surface area contributed by atoms with Crippen molar-refractivity contribution in [3.63, 3.8) is 0 Å². The van der Waals surface area contributed by atoms with Crippen LogP contribution in [0.15, 0.2) is 24.5 Å². The molecule has 1 N–H and O–H groups in total. The molecule has 0 saturated heterocycles. The lowest BCUT2D eigenvalue weighted by Gasteiger charge is -2.11. The van der Waals surface area contributed by atoms with Crippen LogP contribution in [0.1, 0.15) is 38.6 Å². The first-order chi connectivity index (χ1) is 10.2. The third kappa shape index (κ3) is 4.98. The molecule has 6 heteroatoms. The molecule has 0 aromatic carbocycles. The monoisotopic (exact) mass is 287 g/mol. The molecule has 0 unspecified atom stereocenters. The molecule has 0 amide bonds. The first-order valence-corrected chi connectivity index (χ1v) is 7.21. The second-order valence-corrected chi connectivity index (χ2v) is 4.99. The van der Waals surface area contributed by atoms with Gasteiger partial charge in [0.1, 0.15) is 5.82 Å². The van der Waals surface area contributed by atoms with Gasteiger partial charge in [-0.3, -0.25) is 4.98 Å². The molecule has 6 nitrogen and oxygen atoms in total. The minimum atomic E-state index is 0.0256. The number of rotatable bonds is 7. The predicted octanol–water partition coefficient (Wildman–Crippen LogP) is 2.47. The van der Waals surface area contributed by atoms with Gasteiger partial charge in [-0.1, -0.05) is 13.0 Å². The highest BCUT2D eigenvalue weighted by molar-refractivity contribution is 5.27. The number of ether oxygens (including phenoxy) is 1. The standard InChI is InChI=1S/C15H21N5O/c1-4-7-17-14-18-13(9-12-6-5-8-16-10-12)19-15(20-14)21-11(2)3/h5-6,8,10-11H,4,7,9H2,1-3H3,(H,17,18,19,20).